The molecular weight excluding hydrogens is 776 g/mol. The molecule has 0 spiro atoms. The van der Waals surface area contributed by atoms with Crippen LogP contribution in [-0.2, 0) is 4.32 Å². The van der Waals surface area contributed by atoms with Gasteiger partial charge in [-0.3, -0.25) is 0 Å². The van der Waals surface area contributed by atoms with Gasteiger partial charge >= 0.3 is 0 Å². The Morgan fingerprint density at radius 3 is 1.28 bits per heavy atom. The smallest absolute Gasteiger partial charge is 0.0723 e. The maximum Gasteiger partial charge on any atom is 0.132 e. The van der Waals surface area contributed by atoms with E-state index >= 15 is 0 Å². The van der Waals surface area contributed by atoms with E-state index in [0.29, 0.717) is 0 Å². The van der Waals surface area contributed by atoms with Gasteiger partial charge in [-0.05, 0) is 17.5 Å². The molecule has 7 heteroatoms. The van der Waals surface area contributed by atoms with Crippen molar-refractivity contribution in [1.82, 2.24) is 0 Å². The van der Waals surface area contributed by atoms with Gasteiger partial charge in [-0.15, -0.1) is 0 Å². The van der Waals surface area contributed by atoms with Crippen LogP contribution in [-0.4, -0.2) is 9.70 Å². The third-order valence-corrected chi connectivity index (χ3v) is 18.1. The van der Waals surface area contributed by atoms with Crippen LogP contribution in [0, 0.1) is 0 Å². The molecule has 136 valence electrons. The van der Waals surface area contributed by atoms with Crippen LogP contribution in [0.2, 0.25) is 0 Å². The Kier molecular flexibility index (Phi) is 8.00. The molecule has 0 N–H and O–H groups in total. The van der Waals surface area contributed by atoms with Gasteiger partial charge in [-0.1, -0.05) is 179 Å². The van der Waals surface area contributed by atoms with E-state index in [0.717, 1.165) is 17.5 Å². The highest BCUT2D eigenvalue weighted by molar-refractivity contribution is 9.33. The first-order valence-electron chi connectivity index (χ1n) is 7.45. The molecule has 0 bridgehead atoms. The zero-order valence-corrected chi connectivity index (χ0v) is 24.2. The molecule has 0 fully saturated rings. The van der Waals surface area contributed by atoms with E-state index in [4.69, 9.17) is 0 Å². The molecule has 0 heterocycles. The van der Waals surface area contributed by atoms with Crippen molar-refractivity contribution in [2.24, 2.45) is 0 Å². The molecule has 0 aromatic heterocycles. The monoisotopic (exact) mass is 784 g/mol. The highest BCUT2D eigenvalue weighted by atomic mass is 79.9. The van der Waals surface area contributed by atoms with Gasteiger partial charge in [0.1, 0.15) is 14.0 Å². The van der Waals surface area contributed by atoms with Crippen molar-refractivity contribution >= 4 is 112 Å². The Bertz CT molecular complexity index is 656. The van der Waals surface area contributed by atoms with Crippen LogP contribution in [0.3, 0.4) is 0 Å². The van der Waals surface area contributed by atoms with E-state index in [-0.39, 0.29) is 0 Å². The molecule has 0 aliphatic carbocycles. The van der Waals surface area contributed by atoms with Crippen LogP contribution in [0.1, 0.15) is 24.5 Å². The predicted molar refractivity (Wildman–Crippen MR) is 135 cm³/mol. The van der Waals surface area contributed by atoms with Gasteiger partial charge in [0.25, 0.3) is 0 Å². The van der Waals surface area contributed by atoms with Crippen LogP contribution < -0.4 is 0 Å². The predicted octanol–water partition coefficient (Wildman–Crippen LogP) is 9.19. The summed E-state index contributed by atoms with van der Waals surface area (Å²) in [5, 5.41) is 0. The first kappa shape index (κ1) is 23.1. The minimum Gasteiger partial charge on any atom is -0.0723 e. The van der Waals surface area contributed by atoms with Crippen molar-refractivity contribution in [2.45, 2.75) is 27.4 Å². The van der Waals surface area contributed by atoms with Crippen LogP contribution >= 0.6 is 112 Å². The third kappa shape index (κ3) is 4.09. The summed E-state index contributed by atoms with van der Waals surface area (Å²) in [6.07, 6.45) is 0.828. The molecule has 0 radical (unpaired) electrons. The molecule has 2 rings (SSSR count). The molecule has 0 saturated carbocycles. The Hall–Kier alpha value is 1.80. The average molecular weight is 791 g/mol. The molecule has 0 unspecified atom stereocenters. The summed E-state index contributed by atoms with van der Waals surface area (Å²) in [5.41, 5.74) is 2.23. The second-order valence-corrected chi connectivity index (χ2v) is 17.4. The first-order valence-corrected chi connectivity index (χ1v) is 13.0. The van der Waals surface area contributed by atoms with Gasteiger partial charge in [-0.2, -0.15) is 0 Å². The summed E-state index contributed by atoms with van der Waals surface area (Å²) in [7, 11) is 0. The maximum atomic E-state index is 4.09. The minimum absolute atomic E-state index is 0.428. The molecule has 0 atom stereocenters. The van der Waals surface area contributed by atoms with Gasteiger partial charge in [0.05, 0.1) is 0 Å². The molecule has 0 aliphatic heterocycles. The summed E-state index contributed by atoms with van der Waals surface area (Å²) in [4.78, 5) is 0. The highest BCUT2D eigenvalue weighted by Gasteiger charge is 2.65. The number of benzene rings is 2. The molecule has 0 saturated heterocycles. The van der Waals surface area contributed by atoms with Gasteiger partial charge in [0.15, 0.2) is 0 Å². The van der Waals surface area contributed by atoms with Crippen LogP contribution in [0.5, 0.6) is 0 Å². The zero-order valence-electron chi connectivity index (χ0n) is 13.1. The molecular formula is C18H15Br7. The fourth-order valence-electron chi connectivity index (χ4n) is 2.53. The quantitative estimate of drug-likeness (QED) is 0.256. The fraction of sp³-hybridized carbons (Fsp3) is 0.333. The summed E-state index contributed by atoms with van der Waals surface area (Å²) in [5.74, 6) is 0. The SMILES string of the molecule is CCC(Br)(Br)C(Br)(Br)C(Br)(Br)C(Br)(c1ccccc1)c1ccccc1. The zero-order chi connectivity index (χ0) is 18.9. The molecule has 2 aromatic rings. The maximum absolute atomic E-state index is 4.09. The van der Waals surface area contributed by atoms with Crippen LogP contribution in [0.15, 0.2) is 60.7 Å². The normalized spacial score (nSPS) is 13.8. The second-order valence-electron chi connectivity index (χ2n) is 5.60. The Morgan fingerprint density at radius 2 is 0.960 bits per heavy atom. The number of alkyl halides is 7. The summed E-state index contributed by atoms with van der Waals surface area (Å²) < 4.78 is -2.31. The fourth-order valence-corrected chi connectivity index (χ4v) is 8.30. The Balaban J connectivity index is 2.76. The van der Waals surface area contributed by atoms with Gasteiger partial charge in [0, 0.05) is 0 Å². The van der Waals surface area contributed by atoms with Crippen molar-refractivity contribution in [1.29, 1.82) is 0 Å². The summed E-state index contributed by atoms with van der Waals surface area (Å²) in [6, 6.07) is 20.7. The van der Waals surface area contributed by atoms with Gasteiger partial charge < -0.3 is 0 Å². The van der Waals surface area contributed by atoms with Crippen molar-refractivity contribution in [3.05, 3.63) is 71.8 Å². The van der Waals surface area contributed by atoms with E-state index in [1.165, 1.54) is 0 Å². The van der Waals surface area contributed by atoms with Crippen molar-refractivity contribution in [3.63, 3.8) is 0 Å². The first-order chi connectivity index (χ1) is 11.5. The third-order valence-electron chi connectivity index (χ3n) is 4.07. The molecule has 2 aromatic carbocycles. The van der Waals surface area contributed by atoms with Crippen molar-refractivity contribution in [3.8, 4) is 0 Å². The van der Waals surface area contributed by atoms with Gasteiger partial charge in [-0.25, -0.2) is 0 Å². The molecule has 0 nitrogen and oxygen atoms in total. The van der Waals surface area contributed by atoms with E-state index in [1.807, 2.05) is 36.4 Å². The molecule has 0 amide bonds. The lowest BCUT2D eigenvalue weighted by atomic mass is 9.86. The number of hydrogen-bond acceptors (Lipinski definition) is 0. The van der Waals surface area contributed by atoms with E-state index < -0.39 is 14.0 Å². The lowest BCUT2D eigenvalue weighted by Crippen LogP contribution is -2.56. The molecule has 25 heavy (non-hydrogen) atoms. The van der Waals surface area contributed by atoms with Gasteiger partial charge in [0.2, 0.25) is 0 Å². The lowest BCUT2D eigenvalue weighted by Gasteiger charge is -2.51. The standard InChI is InChI=1S/C18H15Br7/c1-2-15(19,20)17(22,23)18(24,25)16(21,13-9-5-3-6-10-13)14-11-7-4-8-12-14/h3-12H,2H2,1H3. The minimum atomic E-state index is -0.675. The molecule has 0 aliphatic rings. The number of halogens is 7. The summed E-state index contributed by atoms with van der Waals surface area (Å²) in [6.45, 7) is 2.11. The topological polar surface area (TPSA) is 0 Å². The Morgan fingerprint density at radius 1 is 0.600 bits per heavy atom. The summed E-state index contributed by atoms with van der Waals surface area (Å²) >= 11 is 27.5. The van der Waals surface area contributed by atoms with E-state index in [2.05, 4.69) is 143 Å². The highest BCUT2D eigenvalue weighted by Crippen LogP contribution is 2.69. The number of rotatable bonds is 6. The van der Waals surface area contributed by atoms with Crippen LogP contribution in [0.25, 0.3) is 0 Å². The van der Waals surface area contributed by atoms with Crippen LogP contribution in [0.4, 0.5) is 0 Å². The number of hydrogen-bond donors (Lipinski definition) is 0. The van der Waals surface area contributed by atoms with Crippen molar-refractivity contribution < 1.29 is 0 Å². The average Bonchev–Trinajstić information content (AvgIpc) is 2.62. The van der Waals surface area contributed by atoms with E-state index in [1.54, 1.807) is 0 Å². The lowest BCUT2D eigenvalue weighted by molar-refractivity contribution is 0.586. The second kappa shape index (κ2) is 8.66. The largest absolute Gasteiger partial charge is 0.132 e. The van der Waals surface area contributed by atoms with E-state index in [9.17, 15) is 0 Å². The Labute approximate surface area is 208 Å². The van der Waals surface area contributed by atoms with Crippen molar-refractivity contribution in [2.75, 3.05) is 0 Å².